The van der Waals surface area contributed by atoms with Crippen LogP contribution in [0, 0.1) is 0 Å². The van der Waals surface area contributed by atoms with Gasteiger partial charge < -0.3 is 20.1 Å². The molecule has 4 nitrogen and oxygen atoms in total. The van der Waals surface area contributed by atoms with Gasteiger partial charge in [-0.3, -0.25) is 0 Å². The molecule has 0 bridgehead atoms. The average molecular weight is 314 g/mol. The summed E-state index contributed by atoms with van der Waals surface area (Å²) in [5, 5.41) is 13.7. The monoisotopic (exact) mass is 314 g/mol. The average Bonchev–Trinajstić information content (AvgIpc) is 2.59. The molecule has 0 spiro atoms. The molecule has 0 aromatic heterocycles. The van der Waals surface area contributed by atoms with E-state index >= 15 is 0 Å². The fraction of sp³-hybridized carbons (Fsp3) is 0.368. The minimum Gasteiger partial charge on any atom is -0.497 e. The Labute approximate surface area is 138 Å². The lowest BCUT2D eigenvalue weighted by Crippen LogP contribution is -2.24. The summed E-state index contributed by atoms with van der Waals surface area (Å²) in [5.74, 6) is 0.758. The van der Waals surface area contributed by atoms with Crippen LogP contribution in [-0.2, 0) is 0 Å². The first kappa shape index (κ1) is 17.3. The molecule has 0 aliphatic heterocycles. The van der Waals surface area contributed by atoms with Gasteiger partial charge in [0.05, 0.1) is 13.2 Å². The second-order valence-electron chi connectivity index (χ2n) is 5.91. The number of hydrogen-bond acceptors (Lipinski definition) is 4. The van der Waals surface area contributed by atoms with Gasteiger partial charge in [-0.25, -0.2) is 0 Å². The van der Waals surface area contributed by atoms with Gasteiger partial charge in [-0.2, -0.15) is 0 Å². The van der Waals surface area contributed by atoms with Crippen LogP contribution in [0.15, 0.2) is 48.5 Å². The van der Waals surface area contributed by atoms with Crippen LogP contribution in [-0.4, -0.2) is 32.9 Å². The molecule has 0 fully saturated rings. The van der Waals surface area contributed by atoms with Crippen LogP contribution in [0.5, 0.6) is 5.75 Å². The number of rotatable bonds is 7. The van der Waals surface area contributed by atoms with Crippen LogP contribution in [0.25, 0.3) is 0 Å². The molecule has 124 valence electrons. The Kier molecular flexibility index (Phi) is 6.02. The van der Waals surface area contributed by atoms with Crippen molar-refractivity contribution in [1.29, 1.82) is 0 Å². The van der Waals surface area contributed by atoms with Crippen molar-refractivity contribution in [2.75, 3.05) is 32.6 Å². The summed E-state index contributed by atoms with van der Waals surface area (Å²) in [6.45, 7) is 2.59. The van der Waals surface area contributed by atoms with Crippen molar-refractivity contribution in [3.05, 3.63) is 59.7 Å². The van der Waals surface area contributed by atoms with Crippen LogP contribution in [0.2, 0.25) is 0 Å². The van der Waals surface area contributed by atoms with E-state index in [0.717, 1.165) is 11.3 Å². The van der Waals surface area contributed by atoms with Gasteiger partial charge in [0.15, 0.2) is 0 Å². The molecule has 2 unspecified atom stereocenters. The zero-order valence-electron chi connectivity index (χ0n) is 14.3. The van der Waals surface area contributed by atoms with E-state index in [9.17, 15) is 5.11 Å². The number of methoxy groups -OCH3 is 1. The number of hydrogen-bond donors (Lipinski definition) is 2. The maximum absolute atomic E-state index is 10.3. The predicted molar refractivity (Wildman–Crippen MR) is 95.1 cm³/mol. The number of ether oxygens (including phenoxy) is 1. The fourth-order valence-electron chi connectivity index (χ4n) is 2.43. The van der Waals surface area contributed by atoms with Gasteiger partial charge in [-0.15, -0.1) is 0 Å². The number of benzene rings is 2. The van der Waals surface area contributed by atoms with E-state index in [2.05, 4.69) is 41.4 Å². The van der Waals surface area contributed by atoms with Crippen LogP contribution in [0.1, 0.15) is 30.2 Å². The number of aliphatic hydroxyl groups excluding tert-OH is 1. The zero-order valence-corrected chi connectivity index (χ0v) is 14.3. The molecule has 23 heavy (non-hydrogen) atoms. The van der Waals surface area contributed by atoms with Crippen LogP contribution in [0.4, 0.5) is 5.69 Å². The van der Waals surface area contributed by atoms with E-state index in [-0.39, 0.29) is 6.04 Å². The number of nitrogens with one attached hydrogen (secondary N) is 1. The largest absolute Gasteiger partial charge is 0.497 e. The molecular weight excluding hydrogens is 288 g/mol. The third kappa shape index (κ3) is 4.71. The lowest BCUT2D eigenvalue weighted by atomic mass is 10.1. The molecule has 0 amide bonds. The molecule has 0 aliphatic carbocycles. The fourth-order valence-corrected chi connectivity index (χ4v) is 2.43. The SMILES string of the molecule is COc1cccc(C(O)CNC(C)c2ccc(N(C)C)cc2)c1. The van der Waals surface area contributed by atoms with E-state index in [1.807, 2.05) is 38.4 Å². The Bertz CT molecular complexity index is 611. The Morgan fingerprint density at radius 2 is 1.78 bits per heavy atom. The molecule has 0 radical (unpaired) electrons. The highest BCUT2D eigenvalue weighted by atomic mass is 16.5. The third-order valence-electron chi connectivity index (χ3n) is 4.01. The Hall–Kier alpha value is -2.04. The lowest BCUT2D eigenvalue weighted by Gasteiger charge is -2.19. The second-order valence-corrected chi connectivity index (χ2v) is 5.91. The highest BCUT2D eigenvalue weighted by Gasteiger charge is 2.11. The van der Waals surface area contributed by atoms with Crippen molar-refractivity contribution in [1.82, 2.24) is 5.32 Å². The van der Waals surface area contributed by atoms with E-state index in [4.69, 9.17) is 4.74 Å². The summed E-state index contributed by atoms with van der Waals surface area (Å²) < 4.78 is 5.19. The van der Waals surface area contributed by atoms with Crippen molar-refractivity contribution in [3.63, 3.8) is 0 Å². The predicted octanol–water partition coefficient (Wildman–Crippen LogP) is 3.15. The molecular formula is C19H26N2O2. The molecule has 0 saturated carbocycles. The third-order valence-corrected chi connectivity index (χ3v) is 4.01. The van der Waals surface area contributed by atoms with Crippen molar-refractivity contribution >= 4 is 5.69 Å². The molecule has 4 heteroatoms. The summed E-state index contributed by atoms with van der Waals surface area (Å²) in [4.78, 5) is 2.08. The molecule has 2 aromatic rings. The lowest BCUT2D eigenvalue weighted by molar-refractivity contribution is 0.170. The van der Waals surface area contributed by atoms with Crippen molar-refractivity contribution in [2.24, 2.45) is 0 Å². The standard InChI is InChI=1S/C19H26N2O2/c1-14(15-8-10-17(11-9-15)21(2)3)20-13-19(22)16-6-5-7-18(12-16)23-4/h5-12,14,19-20,22H,13H2,1-4H3. The molecule has 2 rings (SSSR count). The Morgan fingerprint density at radius 1 is 1.09 bits per heavy atom. The van der Waals surface area contributed by atoms with Gasteiger partial charge in [0.1, 0.15) is 5.75 Å². The summed E-state index contributed by atoms with van der Waals surface area (Å²) in [5.41, 5.74) is 3.23. The highest BCUT2D eigenvalue weighted by molar-refractivity contribution is 5.46. The topological polar surface area (TPSA) is 44.7 Å². The quantitative estimate of drug-likeness (QED) is 0.824. The molecule has 2 aromatic carbocycles. The van der Waals surface area contributed by atoms with Crippen molar-refractivity contribution in [3.8, 4) is 5.75 Å². The smallest absolute Gasteiger partial charge is 0.119 e. The van der Waals surface area contributed by atoms with Gasteiger partial charge >= 0.3 is 0 Å². The van der Waals surface area contributed by atoms with Crippen molar-refractivity contribution in [2.45, 2.75) is 19.1 Å². The van der Waals surface area contributed by atoms with E-state index in [0.29, 0.717) is 6.54 Å². The number of anilines is 1. The summed E-state index contributed by atoms with van der Waals surface area (Å²) in [7, 11) is 5.69. The molecule has 0 heterocycles. The Balaban J connectivity index is 1.93. The molecule has 2 atom stereocenters. The minimum absolute atomic E-state index is 0.173. The highest BCUT2D eigenvalue weighted by Crippen LogP contribution is 2.21. The van der Waals surface area contributed by atoms with Gasteiger partial charge in [0.2, 0.25) is 0 Å². The summed E-state index contributed by atoms with van der Waals surface area (Å²) in [6.07, 6.45) is -0.561. The van der Waals surface area contributed by atoms with Gasteiger partial charge in [0, 0.05) is 32.4 Å². The van der Waals surface area contributed by atoms with Crippen LogP contribution < -0.4 is 15.0 Å². The maximum Gasteiger partial charge on any atom is 0.119 e. The van der Waals surface area contributed by atoms with Gasteiger partial charge in [-0.05, 0) is 42.3 Å². The minimum atomic E-state index is -0.561. The second kappa shape index (κ2) is 7.99. The first-order valence-corrected chi connectivity index (χ1v) is 7.84. The van der Waals surface area contributed by atoms with Crippen LogP contribution >= 0.6 is 0 Å². The first-order valence-electron chi connectivity index (χ1n) is 7.84. The number of nitrogens with zero attached hydrogens (tertiary/aromatic N) is 1. The zero-order chi connectivity index (χ0) is 16.8. The summed E-state index contributed by atoms with van der Waals surface area (Å²) >= 11 is 0. The van der Waals surface area contributed by atoms with Gasteiger partial charge in [0.25, 0.3) is 0 Å². The molecule has 0 aliphatic rings. The van der Waals surface area contributed by atoms with E-state index in [1.165, 1.54) is 11.3 Å². The normalized spacial score (nSPS) is 13.4. The maximum atomic E-state index is 10.3. The summed E-state index contributed by atoms with van der Waals surface area (Å²) in [6, 6.07) is 16.1. The van der Waals surface area contributed by atoms with Crippen LogP contribution in [0.3, 0.4) is 0 Å². The molecule has 2 N–H and O–H groups in total. The van der Waals surface area contributed by atoms with Gasteiger partial charge in [-0.1, -0.05) is 24.3 Å². The van der Waals surface area contributed by atoms with E-state index < -0.39 is 6.10 Å². The van der Waals surface area contributed by atoms with E-state index in [1.54, 1.807) is 7.11 Å². The number of aliphatic hydroxyl groups is 1. The first-order chi connectivity index (χ1) is 11.0. The van der Waals surface area contributed by atoms with Crippen molar-refractivity contribution < 1.29 is 9.84 Å². The Morgan fingerprint density at radius 3 is 2.39 bits per heavy atom. The molecule has 0 saturated heterocycles.